The summed E-state index contributed by atoms with van der Waals surface area (Å²) in [6, 6.07) is -0.188. The summed E-state index contributed by atoms with van der Waals surface area (Å²) in [6.45, 7) is 4.62. The fourth-order valence-electron chi connectivity index (χ4n) is 3.82. The van der Waals surface area contributed by atoms with Crippen molar-refractivity contribution in [3.63, 3.8) is 0 Å². The molecule has 3 heterocycles. The van der Waals surface area contributed by atoms with Crippen molar-refractivity contribution in [3.8, 4) is 0 Å². The monoisotopic (exact) mass is 280 g/mol. The SMILES string of the molecule is CCC1OCCC1CN1CC(=O)N2CCCCC2C1=O. The van der Waals surface area contributed by atoms with E-state index in [-0.39, 0.29) is 30.5 Å². The van der Waals surface area contributed by atoms with Crippen molar-refractivity contribution in [2.45, 2.75) is 51.2 Å². The molecule has 0 N–H and O–H groups in total. The van der Waals surface area contributed by atoms with E-state index in [9.17, 15) is 9.59 Å². The molecule has 3 atom stereocenters. The van der Waals surface area contributed by atoms with Gasteiger partial charge in [0.2, 0.25) is 11.8 Å². The van der Waals surface area contributed by atoms with E-state index in [1.807, 2.05) is 0 Å². The van der Waals surface area contributed by atoms with Crippen LogP contribution in [0, 0.1) is 5.92 Å². The fraction of sp³-hybridized carbons (Fsp3) is 0.867. The lowest BCUT2D eigenvalue weighted by atomic mass is 9.95. The maximum atomic E-state index is 12.6. The van der Waals surface area contributed by atoms with Gasteiger partial charge in [-0.05, 0) is 32.1 Å². The van der Waals surface area contributed by atoms with Crippen molar-refractivity contribution in [3.05, 3.63) is 0 Å². The lowest BCUT2D eigenvalue weighted by Crippen LogP contribution is -2.62. The number of piperidine rings is 1. The van der Waals surface area contributed by atoms with Gasteiger partial charge < -0.3 is 14.5 Å². The zero-order chi connectivity index (χ0) is 14.1. The largest absolute Gasteiger partial charge is 0.378 e. The Balaban J connectivity index is 1.67. The molecular formula is C15H24N2O3. The van der Waals surface area contributed by atoms with Crippen molar-refractivity contribution in [1.29, 1.82) is 0 Å². The summed E-state index contributed by atoms with van der Waals surface area (Å²) in [7, 11) is 0. The summed E-state index contributed by atoms with van der Waals surface area (Å²) < 4.78 is 5.69. The highest BCUT2D eigenvalue weighted by Crippen LogP contribution is 2.28. The lowest BCUT2D eigenvalue weighted by Gasteiger charge is -2.43. The Kier molecular flexibility index (Phi) is 3.96. The maximum absolute atomic E-state index is 12.6. The van der Waals surface area contributed by atoms with Crippen LogP contribution in [0.2, 0.25) is 0 Å². The van der Waals surface area contributed by atoms with Crippen LogP contribution in [0.3, 0.4) is 0 Å². The smallest absolute Gasteiger partial charge is 0.245 e. The molecule has 112 valence electrons. The van der Waals surface area contributed by atoms with E-state index < -0.39 is 0 Å². The van der Waals surface area contributed by atoms with E-state index in [1.165, 1.54) is 0 Å². The Morgan fingerprint density at radius 2 is 2.10 bits per heavy atom. The van der Waals surface area contributed by atoms with Crippen LogP contribution in [0.4, 0.5) is 0 Å². The molecule has 3 unspecified atom stereocenters. The Hall–Kier alpha value is -1.10. The van der Waals surface area contributed by atoms with Crippen LogP contribution in [-0.4, -0.2) is 60.0 Å². The summed E-state index contributed by atoms with van der Waals surface area (Å²) in [5, 5.41) is 0. The van der Waals surface area contributed by atoms with Crippen LogP contribution in [0.1, 0.15) is 39.0 Å². The first-order valence-electron chi connectivity index (χ1n) is 7.90. The minimum absolute atomic E-state index is 0.126. The van der Waals surface area contributed by atoms with Crippen LogP contribution in [0.15, 0.2) is 0 Å². The van der Waals surface area contributed by atoms with Crippen LogP contribution in [0.25, 0.3) is 0 Å². The highest BCUT2D eigenvalue weighted by Gasteiger charge is 2.41. The van der Waals surface area contributed by atoms with E-state index in [0.717, 1.165) is 45.3 Å². The number of nitrogens with zero attached hydrogens (tertiary/aromatic N) is 2. The van der Waals surface area contributed by atoms with E-state index in [1.54, 1.807) is 9.80 Å². The molecular weight excluding hydrogens is 256 g/mol. The molecule has 3 fully saturated rings. The summed E-state index contributed by atoms with van der Waals surface area (Å²) >= 11 is 0. The second-order valence-corrected chi connectivity index (χ2v) is 6.18. The Labute approximate surface area is 120 Å². The summed E-state index contributed by atoms with van der Waals surface area (Å²) in [6.07, 6.45) is 5.16. The quantitative estimate of drug-likeness (QED) is 0.775. The zero-order valence-corrected chi connectivity index (χ0v) is 12.2. The number of amides is 2. The molecule has 3 rings (SSSR count). The summed E-state index contributed by atoms with van der Waals surface area (Å²) in [5.41, 5.74) is 0. The molecule has 0 bridgehead atoms. The van der Waals surface area contributed by atoms with E-state index >= 15 is 0 Å². The van der Waals surface area contributed by atoms with E-state index in [0.29, 0.717) is 12.5 Å². The fourth-order valence-corrected chi connectivity index (χ4v) is 3.82. The lowest BCUT2D eigenvalue weighted by molar-refractivity contribution is -0.158. The van der Waals surface area contributed by atoms with Gasteiger partial charge in [-0.1, -0.05) is 6.92 Å². The first-order valence-corrected chi connectivity index (χ1v) is 7.90. The molecule has 5 heteroatoms. The van der Waals surface area contributed by atoms with Crippen molar-refractivity contribution in [2.24, 2.45) is 5.92 Å². The van der Waals surface area contributed by atoms with E-state index in [2.05, 4.69) is 6.92 Å². The molecule has 20 heavy (non-hydrogen) atoms. The molecule has 5 nitrogen and oxygen atoms in total. The minimum atomic E-state index is -0.188. The molecule has 0 radical (unpaired) electrons. The summed E-state index contributed by atoms with van der Waals surface area (Å²) in [5.74, 6) is 0.680. The third kappa shape index (κ3) is 2.43. The summed E-state index contributed by atoms with van der Waals surface area (Å²) in [4.78, 5) is 28.4. The van der Waals surface area contributed by atoms with Gasteiger partial charge in [-0.3, -0.25) is 9.59 Å². The van der Waals surface area contributed by atoms with Crippen LogP contribution >= 0.6 is 0 Å². The van der Waals surface area contributed by atoms with Gasteiger partial charge in [0, 0.05) is 25.6 Å². The van der Waals surface area contributed by atoms with E-state index in [4.69, 9.17) is 4.74 Å². The third-order valence-corrected chi connectivity index (χ3v) is 4.95. The molecule has 0 aromatic heterocycles. The predicted octanol–water partition coefficient (Wildman–Crippen LogP) is 1.02. The van der Waals surface area contributed by atoms with Crippen LogP contribution in [0.5, 0.6) is 0 Å². The Morgan fingerprint density at radius 3 is 2.90 bits per heavy atom. The van der Waals surface area contributed by atoms with Gasteiger partial charge in [0.15, 0.2) is 0 Å². The second kappa shape index (κ2) is 5.72. The van der Waals surface area contributed by atoms with Gasteiger partial charge in [0.1, 0.15) is 6.04 Å². The van der Waals surface area contributed by atoms with Crippen molar-refractivity contribution in [2.75, 3.05) is 26.2 Å². The van der Waals surface area contributed by atoms with Crippen LogP contribution in [-0.2, 0) is 14.3 Å². The number of hydrogen-bond donors (Lipinski definition) is 0. The van der Waals surface area contributed by atoms with Gasteiger partial charge in [-0.2, -0.15) is 0 Å². The molecule has 0 saturated carbocycles. The van der Waals surface area contributed by atoms with Crippen molar-refractivity contribution >= 4 is 11.8 Å². The Bertz CT molecular complexity index is 399. The number of rotatable bonds is 3. The first-order chi connectivity index (χ1) is 9.70. The van der Waals surface area contributed by atoms with Crippen molar-refractivity contribution < 1.29 is 14.3 Å². The van der Waals surface area contributed by atoms with Gasteiger partial charge in [0.05, 0.1) is 12.6 Å². The number of piperazine rings is 1. The maximum Gasteiger partial charge on any atom is 0.245 e. The number of fused-ring (bicyclic) bond motifs is 1. The van der Waals surface area contributed by atoms with Crippen LogP contribution < -0.4 is 0 Å². The number of carbonyl (C=O) groups excluding carboxylic acids is 2. The zero-order valence-electron chi connectivity index (χ0n) is 12.2. The molecule has 3 saturated heterocycles. The third-order valence-electron chi connectivity index (χ3n) is 4.95. The highest BCUT2D eigenvalue weighted by atomic mass is 16.5. The van der Waals surface area contributed by atoms with Gasteiger partial charge in [0.25, 0.3) is 0 Å². The molecule has 0 spiro atoms. The number of carbonyl (C=O) groups is 2. The highest BCUT2D eigenvalue weighted by molar-refractivity contribution is 5.95. The average molecular weight is 280 g/mol. The average Bonchev–Trinajstić information content (AvgIpc) is 2.92. The molecule has 0 aromatic rings. The number of hydrogen-bond acceptors (Lipinski definition) is 3. The van der Waals surface area contributed by atoms with Crippen molar-refractivity contribution in [1.82, 2.24) is 9.80 Å². The molecule has 3 aliphatic rings. The molecule has 0 aliphatic carbocycles. The van der Waals surface area contributed by atoms with Gasteiger partial charge in [-0.25, -0.2) is 0 Å². The minimum Gasteiger partial charge on any atom is -0.378 e. The molecule has 0 aromatic carbocycles. The number of ether oxygens (including phenoxy) is 1. The topological polar surface area (TPSA) is 49.9 Å². The second-order valence-electron chi connectivity index (χ2n) is 6.18. The van der Waals surface area contributed by atoms with Gasteiger partial charge >= 0.3 is 0 Å². The van der Waals surface area contributed by atoms with Gasteiger partial charge in [-0.15, -0.1) is 0 Å². The predicted molar refractivity (Wildman–Crippen MR) is 74.1 cm³/mol. The standard InChI is InChI=1S/C15H24N2O3/c1-2-13-11(6-8-20-13)9-16-10-14(18)17-7-4-3-5-12(17)15(16)19/h11-13H,2-10H2,1H3. The first kappa shape index (κ1) is 13.9. The normalized spacial score (nSPS) is 34.5. The molecule has 2 amide bonds. The molecule has 3 aliphatic heterocycles. The Morgan fingerprint density at radius 1 is 1.25 bits per heavy atom.